The summed E-state index contributed by atoms with van der Waals surface area (Å²) in [5.41, 5.74) is 0.794. The van der Waals surface area contributed by atoms with E-state index < -0.39 is 28.6 Å². The lowest BCUT2D eigenvalue weighted by atomic mass is 10.2. The predicted molar refractivity (Wildman–Crippen MR) is 97.7 cm³/mol. The van der Waals surface area contributed by atoms with Crippen LogP contribution in [0.5, 0.6) is 0 Å². The van der Waals surface area contributed by atoms with Gasteiger partial charge in [0.2, 0.25) is 5.95 Å². The fourth-order valence-electron chi connectivity index (χ4n) is 2.45. The van der Waals surface area contributed by atoms with Gasteiger partial charge in [-0.3, -0.25) is 4.72 Å². The molecule has 0 saturated heterocycles. The van der Waals surface area contributed by atoms with Crippen molar-refractivity contribution in [3.8, 4) is 0 Å². The molecule has 1 atom stereocenters. The molecule has 5 nitrogen and oxygen atoms in total. The van der Waals surface area contributed by atoms with Gasteiger partial charge in [0.25, 0.3) is 0 Å². The Hall–Kier alpha value is -2.03. The zero-order chi connectivity index (χ0) is 18.7. The second-order valence-electron chi connectivity index (χ2n) is 5.43. The molecule has 2 aromatic heterocycles. The molecule has 3 rings (SSSR count). The SMILES string of the molecule is CCOCCc1cc(F)c(NS(=O)c2c[nH]c3cc(Cl)ccc23)nc1F. The number of nitrogens with zero attached hydrogens (tertiary/aromatic N) is 1. The smallest absolute Gasteiger partial charge is 0.218 e. The summed E-state index contributed by atoms with van der Waals surface area (Å²) >= 11 is 5.91. The third-order valence-electron chi connectivity index (χ3n) is 3.72. The maximum atomic E-state index is 14.2. The standard InChI is InChI=1S/C17H16ClF2N3O2S/c1-2-25-6-5-10-7-13(19)17(22-16(10)20)23-26(24)15-9-21-14-8-11(18)3-4-12(14)15/h3-4,7-9,21H,2,5-6H2,1H3,(H,22,23). The number of ether oxygens (including phenoxy) is 1. The first-order valence-electron chi connectivity index (χ1n) is 7.87. The summed E-state index contributed by atoms with van der Waals surface area (Å²) < 4.78 is 48.3. The monoisotopic (exact) mass is 399 g/mol. The molecule has 2 heterocycles. The van der Waals surface area contributed by atoms with Crippen LogP contribution in [0.2, 0.25) is 5.02 Å². The van der Waals surface area contributed by atoms with E-state index in [0.29, 0.717) is 27.4 Å². The molecule has 0 aliphatic carbocycles. The van der Waals surface area contributed by atoms with Crippen LogP contribution < -0.4 is 4.72 Å². The Labute approximate surface area is 156 Å². The normalized spacial score (nSPS) is 12.5. The van der Waals surface area contributed by atoms with Gasteiger partial charge < -0.3 is 9.72 Å². The van der Waals surface area contributed by atoms with Gasteiger partial charge in [0.15, 0.2) is 22.6 Å². The van der Waals surface area contributed by atoms with Crippen LogP contribution in [0.4, 0.5) is 14.6 Å². The maximum Gasteiger partial charge on any atom is 0.218 e. The number of hydrogen-bond donors (Lipinski definition) is 2. The molecule has 0 fully saturated rings. The summed E-state index contributed by atoms with van der Waals surface area (Å²) in [7, 11) is -1.83. The topological polar surface area (TPSA) is 67.0 Å². The summed E-state index contributed by atoms with van der Waals surface area (Å²) in [6.45, 7) is 2.58. The summed E-state index contributed by atoms with van der Waals surface area (Å²) in [6, 6.07) is 6.08. The van der Waals surface area contributed by atoms with E-state index >= 15 is 0 Å². The first-order chi connectivity index (χ1) is 12.5. The van der Waals surface area contributed by atoms with Gasteiger partial charge in [-0.05, 0) is 25.1 Å². The van der Waals surface area contributed by atoms with Crippen molar-refractivity contribution in [2.24, 2.45) is 0 Å². The van der Waals surface area contributed by atoms with E-state index in [0.717, 1.165) is 6.07 Å². The summed E-state index contributed by atoms with van der Waals surface area (Å²) in [4.78, 5) is 6.89. The molecule has 0 radical (unpaired) electrons. The first-order valence-corrected chi connectivity index (χ1v) is 9.40. The Bertz CT molecular complexity index is 965. The van der Waals surface area contributed by atoms with Gasteiger partial charge in [-0.25, -0.2) is 8.60 Å². The minimum absolute atomic E-state index is 0.106. The van der Waals surface area contributed by atoms with Gasteiger partial charge >= 0.3 is 0 Å². The van der Waals surface area contributed by atoms with Crippen LogP contribution in [-0.4, -0.2) is 27.4 Å². The van der Waals surface area contributed by atoms with Gasteiger partial charge in [-0.2, -0.15) is 9.37 Å². The van der Waals surface area contributed by atoms with Crippen molar-refractivity contribution in [1.29, 1.82) is 0 Å². The zero-order valence-electron chi connectivity index (χ0n) is 13.8. The summed E-state index contributed by atoms with van der Waals surface area (Å²) in [5, 5.41) is 1.19. The van der Waals surface area contributed by atoms with Gasteiger partial charge in [0.05, 0.1) is 11.5 Å². The Balaban J connectivity index is 1.81. The second-order valence-corrected chi connectivity index (χ2v) is 7.05. The number of fused-ring (bicyclic) bond motifs is 1. The Morgan fingerprint density at radius 3 is 2.92 bits per heavy atom. The number of aromatic nitrogens is 2. The Morgan fingerprint density at radius 2 is 2.15 bits per heavy atom. The number of hydrogen-bond acceptors (Lipinski definition) is 3. The van der Waals surface area contributed by atoms with Crippen LogP contribution >= 0.6 is 11.6 Å². The number of rotatable bonds is 7. The highest BCUT2D eigenvalue weighted by atomic mass is 35.5. The van der Waals surface area contributed by atoms with Crippen molar-refractivity contribution in [3.63, 3.8) is 0 Å². The van der Waals surface area contributed by atoms with Crippen LogP contribution in [0.3, 0.4) is 0 Å². The van der Waals surface area contributed by atoms with E-state index in [-0.39, 0.29) is 18.6 Å². The molecular weight excluding hydrogens is 384 g/mol. The van der Waals surface area contributed by atoms with Gasteiger partial charge in [-0.1, -0.05) is 17.7 Å². The largest absolute Gasteiger partial charge is 0.381 e. The fourth-order valence-corrected chi connectivity index (χ4v) is 3.59. The number of aromatic amines is 1. The van der Waals surface area contributed by atoms with Crippen LogP contribution in [0.1, 0.15) is 12.5 Å². The van der Waals surface area contributed by atoms with E-state index in [1.54, 1.807) is 18.2 Å². The van der Waals surface area contributed by atoms with E-state index in [1.807, 2.05) is 6.92 Å². The Kier molecular flexibility index (Phi) is 5.85. The van der Waals surface area contributed by atoms with Crippen molar-refractivity contribution < 1.29 is 17.7 Å². The number of nitrogens with one attached hydrogen (secondary N) is 2. The highest BCUT2D eigenvalue weighted by Crippen LogP contribution is 2.26. The third-order valence-corrected chi connectivity index (χ3v) is 5.07. The highest BCUT2D eigenvalue weighted by molar-refractivity contribution is 7.86. The molecule has 3 aromatic rings. The van der Waals surface area contributed by atoms with E-state index in [2.05, 4.69) is 14.7 Å². The molecule has 0 aliphatic heterocycles. The number of H-pyrrole nitrogens is 1. The number of pyridine rings is 1. The first kappa shape index (κ1) is 18.8. The van der Waals surface area contributed by atoms with Crippen molar-refractivity contribution >= 4 is 39.3 Å². The number of halogens is 3. The average molecular weight is 400 g/mol. The lowest BCUT2D eigenvalue weighted by Gasteiger charge is -2.09. The lowest BCUT2D eigenvalue weighted by Crippen LogP contribution is -2.11. The van der Waals surface area contributed by atoms with Gasteiger partial charge in [0.1, 0.15) is 0 Å². The van der Waals surface area contributed by atoms with E-state index in [9.17, 15) is 13.0 Å². The van der Waals surface area contributed by atoms with Crippen molar-refractivity contribution in [2.45, 2.75) is 18.2 Å². The molecule has 1 aromatic carbocycles. The van der Waals surface area contributed by atoms with Crippen LogP contribution in [0.25, 0.3) is 10.9 Å². The lowest BCUT2D eigenvalue weighted by molar-refractivity contribution is 0.150. The highest BCUT2D eigenvalue weighted by Gasteiger charge is 2.16. The van der Waals surface area contributed by atoms with Crippen molar-refractivity contribution in [1.82, 2.24) is 9.97 Å². The second kappa shape index (κ2) is 8.11. The molecule has 0 amide bonds. The quantitative estimate of drug-likeness (QED) is 0.462. The summed E-state index contributed by atoms with van der Waals surface area (Å²) in [6.07, 6.45) is 1.73. The fraction of sp³-hybridized carbons (Fsp3) is 0.235. The molecule has 138 valence electrons. The van der Waals surface area contributed by atoms with E-state index in [1.165, 1.54) is 6.20 Å². The molecule has 0 saturated carbocycles. The van der Waals surface area contributed by atoms with Gasteiger partial charge in [-0.15, -0.1) is 0 Å². The summed E-state index contributed by atoms with van der Waals surface area (Å²) in [5.74, 6) is -2.02. The number of benzene rings is 1. The predicted octanol–water partition coefficient (Wildman–Crippen LogP) is 4.21. The molecule has 0 spiro atoms. The molecule has 26 heavy (non-hydrogen) atoms. The molecule has 0 aliphatic rings. The van der Waals surface area contributed by atoms with Crippen LogP contribution in [0, 0.1) is 11.8 Å². The average Bonchev–Trinajstić information content (AvgIpc) is 3.02. The minimum Gasteiger partial charge on any atom is -0.381 e. The van der Waals surface area contributed by atoms with Gasteiger partial charge in [0, 0.05) is 40.7 Å². The maximum absolute atomic E-state index is 14.2. The number of anilines is 1. The molecule has 0 bridgehead atoms. The molecule has 9 heteroatoms. The van der Waals surface area contributed by atoms with E-state index in [4.69, 9.17) is 16.3 Å². The minimum atomic E-state index is -1.83. The Morgan fingerprint density at radius 1 is 1.35 bits per heavy atom. The molecular formula is C17H16ClF2N3O2S. The van der Waals surface area contributed by atoms with Crippen molar-refractivity contribution in [2.75, 3.05) is 17.9 Å². The third kappa shape index (κ3) is 4.03. The molecule has 1 unspecified atom stereocenters. The van der Waals surface area contributed by atoms with Crippen LogP contribution in [-0.2, 0) is 22.1 Å². The molecule has 2 N–H and O–H groups in total. The van der Waals surface area contributed by atoms with Crippen LogP contribution in [0.15, 0.2) is 35.4 Å². The zero-order valence-corrected chi connectivity index (χ0v) is 15.4. The van der Waals surface area contributed by atoms with Crippen molar-refractivity contribution in [3.05, 3.63) is 52.8 Å².